The van der Waals surface area contributed by atoms with Crippen molar-refractivity contribution in [1.82, 2.24) is 0 Å². The van der Waals surface area contributed by atoms with E-state index in [0.29, 0.717) is 24.0 Å². The molecule has 10 atom stereocenters. The van der Waals surface area contributed by atoms with Gasteiger partial charge in [-0.25, -0.2) is 0 Å². The van der Waals surface area contributed by atoms with E-state index in [-0.39, 0.29) is 57.1 Å². The van der Waals surface area contributed by atoms with Crippen molar-refractivity contribution in [3.05, 3.63) is 0 Å². The first-order chi connectivity index (χ1) is 15.7. The van der Waals surface area contributed by atoms with Crippen LogP contribution in [0.2, 0.25) is 0 Å². The van der Waals surface area contributed by atoms with Crippen LogP contribution in [0.15, 0.2) is 0 Å². The number of fused-ring (bicyclic) bond motifs is 5. The molecule has 0 amide bonds. The number of aliphatic hydroxyl groups excluding tert-OH is 1. The lowest BCUT2D eigenvalue weighted by Crippen LogP contribution is -2.70. The van der Waals surface area contributed by atoms with Crippen LogP contribution in [0.1, 0.15) is 106 Å². The molecule has 0 aromatic heterocycles. The number of esters is 1. The van der Waals surface area contributed by atoms with E-state index in [1.165, 1.54) is 0 Å². The molecule has 0 radical (unpaired) electrons. The number of carbonyl (C=O) groups excluding carboxylic acids is 2. The summed E-state index contributed by atoms with van der Waals surface area (Å²) in [7, 11) is 0. The Morgan fingerprint density at radius 1 is 0.794 bits per heavy atom. The average Bonchev–Trinajstić information content (AvgIpc) is 3.00. The van der Waals surface area contributed by atoms with Crippen LogP contribution in [0.3, 0.4) is 0 Å². The lowest BCUT2D eigenvalue weighted by Gasteiger charge is -2.72. The van der Waals surface area contributed by atoms with Crippen LogP contribution in [-0.4, -0.2) is 29.1 Å². The van der Waals surface area contributed by atoms with Crippen molar-refractivity contribution < 1.29 is 19.4 Å². The number of Topliss-reactive ketones (excluding diaryl/α,β-unsaturated/α-hetero) is 1. The molecule has 1 aliphatic heterocycles. The Bertz CT molecular complexity index is 951. The van der Waals surface area contributed by atoms with Crippen molar-refractivity contribution in [3.8, 4) is 0 Å². The Hall–Kier alpha value is -0.900. The lowest BCUT2D eigenvalue weighted by molar-refractivity contribution is -0.243. The lowest BCUT2D eigenvalue weighted by atomic mass is 9.31. The van der Waals surface area contributed by atoms with Crippen molar-refractivity contribution in [3.63, 3.8) is 0 Å². The third kappa shape index (κ3) is 2.41. The van der Waals surface area contributed by atoms with Gasteiger partial charge in [-0.15, -0.1) is 0 Å². The standard InChI is InChI=1S/C30H46O4/c1-25(2)12-14-30-15-13-29(7)21(22(30)23(25)34-24(30)33)17(31)16-19-27(5)10-9-20(32)26(3,4)18(27)8-11-28(19,29)6/h18-23,32H,8-16H2,1-7H3/t18-,19+,20-,21+,22+,23+,27-,28+,29+,30-/m0/s1. The van der Waals surface area contributed by atoms with Gasteiger partial charge in [0.1, 0.15) is 11.9 Å². The summed E-state index contributed by atoms with van der Waals surface area (Å²) < 4.78 is 6.18. The number of aliphatic hydroxyl groups is 1. The molecule has 0 spiro atoms. The van der Waals surface area contributed by atoms with E-state index in [1.807, 2.05) is 0 Å². The van der Waals surface area contributed by atoms with E-state index >= 15 is 0 Å². The van der Waals surface area contributed by atoms with Crippen LogP contribution in [0.25, 0.3) is 0 Å². The zero-order valence-corrected chi connectivity index (χ0v) is 22.5. The second kappa shape index (κ2) is 6.50. The SMILES string of the molecule is CC1(C)CC[C@]23CC[C@]4(C)[C@H](C(=O)C[C@@H]5[C@@]6(C)CC[C@H](O)C(C)(C)[C@@H]6CC[C@]54C)[C@@H]2[C@H]1OC3=O. The van der Waals surface area contributed by atoms with Crippen LogP contribution in [-0.2, 0) is 14.3 Å². The van der Waals surface area contributed by atoms with Crippen molar-refractivity contribution in [2.75, 3.05) is 0 Å². The molecule has 5 aliphatic carbocycles. The van der Waals surface area contributed by atoms with Gasteiger partial charge in [-0.2, -0.15) is 0 Å². The first-order valence-corrected chi connectivity index (χ1v) is 14.1. The quantitative estimate of drug-likeness (QED) is 0.445. The van der Waals surface area contributed by atoms with Crippen LogP contribution < -0.4 is 0 Å². The maximum absolute atomic E-state index is 14.3. The second-order valence-corrected chi connectivity index (χ2v) is 15.5. The number of ketones is 1. The fourth-order valence-corrected chi connectivity index (χ4v) is 11.5. The molecule has 1 saturated heterocycles. The number of carbonyl (C=O) groups is 2. The summed E-state index contributed by atoms with van der Waals surface area (Å²) >= 11 is 0. The first kappa shape index (κ1) is 23.5. The van der Waals surface area contributed by atoms with Gasteiger partial charge in [0.15, 0.2) is 0 Å². The summed E-state index contributed by atoms with van der Waals surface area (Å²) in [6, 6.07) is 0. The molecule has 190 valence electrons. The Morgan fingerprint density at radius 3 is 2.18 bits per heavy atom. The highest BCUT2D eigenvalue weighted by molar-refractivity contribution is 5.88. The molecule has 0 aromatic carbocycles. The van der Waals surface area contributed by atoms with Gasteiger partial charge in [-0.1, -0.05) is 48.5 Å². The van der Waals surface area contributed by atoms with E-state index < -0.39 is 5.41 Å². The van der Waals surface area contributed by atoms with Crippen molar-refractivity contribution in [1.29, 1.82) is 0 Å². The number of hydrogen-bond donors (Lipinski definition) is 1. The third-order valence-electron chi connectivity index (χ3n) is 13.8. The fraction of sp³-hybridized carbons (Fsp3) is 0.933. The van der Waals surface area contributed by atoms with Gasteiger partial charge in [0, 0.05) is 23.7 Å². The minimum absolute atomic E-state index is 0.00566. The minimum atomic E-state index is -0.429. The molecular weight excluding hydrogens is 424 g/mol. The normalized spacial score (nSPS) is 57.1. The first-order valence-electron chi connectivity index (χ1n) is 14.1. The predicted molar refractivity (Wildman–Crippen MR) is 131 cm³/mol. The van der Waals surface area contributed by atoms with Gasteiger partial charge in [0.05, 0.1) is 11.5 Å². The van der Waals surface area contributed by atoms with Gasteiger partial charge in [-0.3, -0.25) is 9.59 Å². The van der Waals surface area contributed by atoms with E-state index in [2.05, 4.69) is 48.5 Å². The molecule has 5 saturated carbocycles. The average molecular weight is 471 g/mol. The fourth-order valence-electron chi connectivity index (χ4n) is 11.5. The molecule has 6 aliphatic rings. The highest BCUT2D eigenvalue weighted by Crippen LogP contribution is 2.77. The van der Waals surface area contributed by atoms with Crippen molar-refractivity contribution in [2.24, 2.45) is 56.2 Å². The molecule has 1 heterocycles. The summed E-state index contributed by atoms with van der Waals surface area (Å²) in [5.74, 6) is 1.17. The van der Waals surface area contributed by atoms with Gasteiger partial charge in [-0.05, 0) is 84.9 Å². The van der Waals surface area contributed by atoms with E-state index in [0.717, 1.165) is 51.4 Å². The monoisotopic (exact) mass is 470 g/mol. The zero-order chi connectivity index (χ0) is 24.7. The molecule has 6 fully saturated rings. The summed E-state index contributed by atoms with van der Waals surface area (Å²) in [5, 5.41) is 10.9. The Morgan fingerprint density at radius 2 is 1.47 bits per heavy atom. The molecular formula is C30H46O4. The van der Waals surface area contributed by atoms with Crippen molar-refractivity contribution in [2.45, 2.75) is 118 Å². The van der Waals surface area contributed by atoms with Gasteiger partial charge >= 0.3 is 5.97 Å². The predicted octanol–water partition coefficient (Wildman–Crippen LogP) is 5.94. The summed E-state index contributed by atoms with van der Waals surface area (Å²) in [4.78, 5) is 27.7. The van der Waals surface area contributed by atoms with Crippen LogP contribution in [0.5, 0.6) is 0 Å². The minimum Gasteiger partial charge on any atom is -0.461 e. The zero-order valence-electron chi connectivity index (χ0n) is 22.5. The molecule has 1 N–H and O–H groups in total. The summed E-state index contributed by atoms with van der Waals surface area (Å²) in [5.41, 5.74) is -0.564. The summed E-state index contributed by atoms with van der Waals surface area (Å²) in [6.45, 7) is 16.4. The third-order valence-corrected chi connectivity index (χ3v) is 13.8. The Kier molecular flexibility index (Phi) is 4.49. The molecule has 4 nitrogen and oxygen atoms in total. The van der Waals surface area contributed by atoms with Crippen LogP contribution in [0, 0.1) is 56.2 Å². The molecule has 0 aromatic rings. The van der Waals surface area contributed by atoms with Gasteiger partial charge in [0.2, 0.25) is 0 Å². The highest BCUT2D eigenvalue weighted by atomic mass is 16.6. The maximum Gasteiger partial charge on any atom is 0.312 e. The number of hydrogen-bond acceptors (Lipinski definition) is 4. The molecule has 6 rings (SSSR count). The van der Waals surface area contributed by atoms with Gasteiger partial charge < -0.3 is 9.84 Å². The van der Waals surface area contributed by atoms with Crippen molar-refractivity contribution >= 4 is 11.8 Å². The number of rotatable bonds is 0. The topological polar surface area (TPSA) is 63.6 Å². The Balaban J connectivity index is 1.45. The van der Waals surface area contributed by atoms with Crippen LogP contribution >= 0.6 is 0 Å². The summed E-state index contributed by atoms with van der Waals surface area (Å²) in [6.07, 6.45) is 8.10. The largest absolute Gasteiger partial charge is 0.461 e. The second-order valence-electron chi connectivity index (χ2n) is 15.5. The highest BCUT2D eigenvalue weighted by Gasteiger charge is 2.77. The molecule has 2 bridgehead atoms. The molecule has 34 heavy (non-hydrogen) atoms. The van der Waals surface area contributed by atoms with Crippen LogP contribution in [0.4, 0.5) is 0 Å². The number of ether oxygens (including phenoxy) is 1. The Labute approximate surface area is 206 Å². The maximum atomic E-state index is 14.3. The molecule has 4 heteroatoms. The molecule has 0 unspecified atom stereocenters. The smallest absolute Gasteiger partial charge is 0.312 e. The van der Waals surface area contributed by atoms with Gasteiger partial charge in [0.25, 0.3) is 0 Å². The van der Waals surface area contributed by atoms with E-state index in [4.69, 9.17) is 4.74 Å². The van der Waals surface area contributed by atoms with E-state index in [9.17, 15) is 14.7 Å². The van der Waals surface area contributed by atoms with E-state index in [1.54, 1.807) is 0 Å².